The number of amides is 1. The predicted molar refractivity (Wildman–Crippen MR) is 90.7 cm³/mol. The van der Waals surface area contributed by atoms with Gasteiger partial charge in [-0.1, -0.05) is 12.1 Å². The van der Waals surface area contributed by atoms with E-state index in [1.807, 2.05) is 18.9 Å². The molecular weight excluding hydrogens is 307 g/mol. The summed E-state index contributed by atoms with van der Waals surface area (Å²) in [6.45, 7) is 2.89. The second-order valence-corrected chi connectivity index (χ2v) is 6.05. The molecule has 0 aliphatic rings. The highest BCUT2D eigenvalue weighted by molar-refractivity contribution is 5.78. The van der Waals surface area contributed by atoms with Crippen molar-refractivity contribution in [2.45, 2.75) is 25.9 Å². The molecule has 1 atom stereocenters. The second-order valence-electron chi connectivity index (χ2n) is 6.05. The molecule has 24 heavy (non-hydrogen) atoms. The van der Waals surface area contributed by atoms with Gasteiger partial charge in [-0.2, -0.15) is 0 Å². The fourth-order valence-corrected chi connectivity index (χ4v) is 2.42. The molecule has 128 valence electrons. The van der Waals surface area contributed by atoms with E-state index in [4.69, 9.17) is 0 Å². The van der Waals surface area contributed by atoms with Crippen LogP contribution in [0.3, 0.4) is 0 Å². The summed E-state index contributed by atoms with van der Waals surface area (Å²) in [6.07, 6.45) is 5.67. The molecule has 0 N–H and O–H groups in total. The minimum Gasteiger partial charge on any atom is -0.342 e. The van der Waals surface area contributed by atoms with Crippen LogP contribution in [-0.2, 0) is 17.8 Å². The molecular formula is C18H23FN4O. The minimum absolute atomic E-state index is 0.0356. The molecule has 2 rings (SSSR count). The van der Waals surface area contributed by atoms with E-state index in [-0.39, 0.29) is 17.8 Å². The Labute approximate surface area is 142 Å². The van der Waals surface area contributed by atoms with Gasteiger partial charge in [0.25, 0.3) is 0 Å². The van der Waals surface area contributed by atoms with E-state index in [0.717, 1.165) is 11.3 Å². The Kier molecular flexibility index (Phi) is 6.37. The largest absolute Gasteiger partial charge is 0.342 e. The summed E-state index contributed by atoms with van der Waals surface area (Å²) in [6, 6.07) is 6.36. The maximum atomic E-state index is 12.9. The quantitative estimate of drug-likeness (QED) is 0.780. The third kappa shape index (κ3) is 5.38. The van der Waals surface area contributed by atoms with Crippen molar-refractivity contribution in [3.8, 4) is 0 Å². The number of halogens is 1. The third-order valence-corrected chi connectivity index (χ3v) is 3.95. The van der Waals surface area contributed by atoms with Crippen LogP contribution in [0.15, 0.2) is 42.9 Å². The molecule has 1 amide bonds. The Balaban J connectivity index is 1.84. The van der Waals surface area contributed by atoms with Crippen molar-refractivity contribution in [3.63, 3.8) is 0 Å². The molecule has 0 bridgehead atoms. The van der Waals surface area contributed by atoms with E-state index >= 15 is 0 Å². The molecule has 0 saturated carbocycles. The van der Waals surface area contributed by atoms with E-state index < -0.39 is 0 Å². The average molecular weight is 330 g/mol. The lowest BCUT2D eigenvalue weighted by Crippen LogP contribution is -2.42. The molecule has 0 aliphatic carbocycles. The lowest BCUT2D eigenvalue weighted by atomic mass is 10.1. The van der Waals surface area contributed by atoms with Gasteiger partial charge in [-0.05, 0) is 31.7 Å². The van der Waals surface area contributed by atoms with Gasteiger partial charge in [-0.25, -0.2) is 4.39 Å². The third-order valence-electron chi connectivity index (χ3n) is 3.95. The van der Waals surface area contributed by atoms with Gasteiger partial charge in [-0.3, -0.25) is 19.7 Å². The zero-order chi connectivity index (χ0) is 17.5. The molecule has 0 spiro atoms. The van der Waals surface area contributed by atoms with Crippen LogP contribution < -0.4 is 0 Å². The van der Waals surface area contributed by atoms with E-state index in [9.17, 15) is 9.18 Å². The first-order valence-corrected chi connectivity index (χ1v) is 7.89. The van der Waals surface area contributed by atoms with Crippen LogP contribution in [0.2, 0.25) is 0 Å². The van der Waals surface area contributed by atoms with Gasteiger partial charge in [-0.15, -0.1) is 0 Å². The van der Waals surface area contributed by atoms with Crippen molar-refractivity contribution in [2.24, 2.45) is 0 Å². The van der Waals surface area contributed by atoms with E-state index in [1.165, 1.54) is 12.1 Å². The fourth-order valence-electron chi connectivity index (χ4n) is 2.42. The number of aromatic nitrogens is 2. The Morgan fingerprint density at radius 2 is 1.92 bits per heavy atom. The van der Waals surface area contributed by atoms with Crippen molar-refractivity contribution >= 4 is 5.91 Å². The van der Waals surface area contributed by atoms with Gasteiger partial charge in [0.05, 0.1) is 12.2 Å². The molecule has 1 aromatic heterocycles. The van der Waals surface area contributed by atoms with Crippen molar-refractivity contribution in [3.05, 3.63) is 59.9 Å². The number of benzene rings is 1. The molecule has 6 heteroatoms. The average Bonchev–Trinajstić information content (AvgIpc) is 2.57. The number of rotatable bonds is 7. The molecule has 0 radical (unpaired) electrons. The number of nitrogens with zero attached hydrogens (tertiary/aromatic N) is 4. The van der Waals surface area contributed by atoms with Crippen LogP contribution in [0, 0.1) is 5.82 Å². The molecule has 0 saturated heterocycles. The van der Waals surface area contributed by atoms with Crippen LogP contribution >= 0.6 is 0 Å². The molecule has 2 aromatic rings. The zero-order valence-corrected chi connectivity index (χ0v) is 14.3. The Morgan fingerprint density at radius 1 is 1.21 bits per heavy atom. The van der Waals surface area contributed by atoms with Gasteiger partial charge in [0.1, 0.15) is 5.82 Å². The summed E-state index contributed by atoms with van der Waals surface area (Å²) in [7, 11) is 3.68. The SMILES string of the molecule is C[C@@H](Cc1cnccn1)N(C)C(=O)CN(C)Cc1ccc(F)cc1. The molecule has 1 heterocycles. The maximum Gasteiger partial charge on any atom is 0.236 e. The monoisotopic (exact) mass is 330 g/mol. The van der Waals surface area contributed by atoms with Gasteiger partial charge < -0.3 is 4.90 Å². The highest BCUT2D eigenvalue weighted by Crippen LogP contribution is 2.08. The van der Waals surface area contributed by atoms with E-state index in [2.05, 4.69) is 9.97 Å². The molecule has 0 aliphatic heterocycles. The Morgan fingerprint density at radius 3 is 2.54 bits per heavy atom. The van der Waals surface area contributed by atoms with E-state index in [1.54, 1.807) is 42.7 Å². The van der Waals surface area contributed by atoms with Crippen molar-refractivity contribution in [2.75, 3.05) is 20.6 Å². The van der Waals surface area contributed by atoms with Gasteiger partial charge in [0.15, 0.2) is 0 Å². The smallest absolute Gasteiger partial charge is 0.236 e. The number of hydrogen-bond donors (Lipinski definition) is 0. The summed E-state index contributed by atoms with van der Waals surface area (Å²) in [4.78, 5) is 24.4. The highest BCUT2D eigenvalue weighted by Gasteiger charge is 2.18. The highest BCUT2D eigenvalue weighted by atomic mass is 19.1. The van der Waals surface area contributed by atoms with Gasteiger partial charge in [0, 0.05) is 44.6 Å². The number of hydrogen-bond acceptors (Lipinski definition) is 4. The number of likely N-dealkylation sites (N-methyl/N-ethyl adjacent to an activating group) is 2. The predicted octanol–water partition coefficient (Wildman–Crippen LogP) is 2.14. The lowest BCUT2D eigenvalue weighted by Gasteiger charge is -2.27. The first-order chi connectivity index (χ1) is 11.5. The summed E-state index contributed by atoms with van der Waals surface area (Å²) in [5.41, 5.74) is 1.84. The molecule has 1 aromatic carbocycles. The van der Waals surface area contributed by atoms with Crippen LogP contribution in [0.25, 0.3) is 0 Å². The standard InChI is InChI=1S/C18H23FN4O/c1-14(10-17-11-20-8-9-21-17)23(3)18(24)13-22(2)12-15-4-6-16(19)7-5-15/h4-9,11,14H,10,12-13H2,1-3H3/t14-/m0/s1. The Hall–Kier alpha value is -2.34. The summed E-state index contributed by atoms with van der Waals surface area (Å²) in [5.74, 6) is -0.217. The maximum absolute atomic E-state index is 12.9. The van der Waals surface area contributed by atoms with Gasteiger partial charge >= 0.3 is 0 Å². The van der Waals surface area contributed by atoms with Crippen molar-refractivity contribution in [1.82, 2.24) is 19.8 Å². The minimum atomic E-state index is -0.255. The summed E-state index contributed by atoms with van der Waals surface area (Å²) < 4.78 is 12.9. The van der Waals surface area contributed by atoms with Crippen molar-refractivity contribution < 1.29 is 9.18 Å². The van der Waals surface area contributed by atoms with Crippen LogP contribution in [-0.4, -0.2) is 52.4 Å². The molecule has 0 unspecified atom stereocenters. The molecule has 5 nitrogen and oxygen atoms in total. The summed E-state index contributed by atoms with van der Waals surface area (Å²) >= 11 is 0. The van der Waals surface area contributed by atoms with Crippen LogP contribution in [0.1, 0.15) is 18.2 Å². The lowest BCUT2D eigenvalue weighted by molar-refractivity contribution is -0.132. The fraction of sp³-hybridized carbons (Fsp3) is 0.389. The normalized spacial score (nSPS) is 12.2. The summed E-state index contributed by atoms with van der Waals surface area (Å²) in [5, 5.41) is 0. The Bertz CT molecular complexity index is 648. The number of carbonyl (C=O) groups is 1. The topological polar surface area (TPSA) is 49.3 Å². The zero-order valence-electron chi connectivity index (χ0n) is 14.3. The second kappa shape index (κ2) is 8.49. The van der Waals surface area contributed by atoms with E-state index in [0.29, 0.717) is 19.5 Å². The van der Waals surface area contributed by atoms with Crippen molar-refractivity contribution in [1.29, 1.82) is 0 Å². The first kappa shape index (κ1) is 18.0. The molecule has 0 fully saturated rings. The first-order valence-electron chi connectivity index (χ1n) is 7.89. The number of carbonyl (C=O) groups excluding carboxylic acids is 1. The van der Waals surface area contributed by atoms with Gasteiger partial charge in [0.2, 0.25) is 5.91 Å². The van der Waals surface area contributed by atoms with Crippen LogP contribution in [0.4, 0.5) is 4.39 Å². The van der Waals surface area contributed by atoms with Crippen LogP contribution in [0.5, 0.6) is 0 Å².